The van der Waals surface area contributed by atoms with Crippen LogP contribution in [0.15, 0.2) is 78.6 Å². The maximum absolute atomic E-state index is 13.1. The molecule has 166 valence electrons. The van der Waals surface area contributed by atoms with Crippen LogP contribution in [0.2, 0.25) is 0 Å². The van der Waals surface area contributed by atoms with E-state index in [-0.39, 0.29) is 16.8 Å². The van der Waals surface area contributed by atoms with Crippen molar-refractivity contribution in [3.8, 4) is 5.75 Å². The lowest BCUT2D eigenvalue weighted by molar-refractivity contribution is -0.384. The van der Waals surface area contributed by atoms with Crippen LogP contribution in [0.25, 0.3) is 5.76 Å². The lowest BCUT2D eigenvalue weighted by Gasteiger charge is -2.25. The minimum atomic E-state index is -0.991. The van der Waals surface area contributed by atoms with Crippen LogP contribution in [0.1, 0.15) is 24.1 Å². The second-order valence-electron chi connectivity index (χ2n) is 7.19. The number of aliphatic hydroxyl groups excluding tert-OH is 1. The number of benzene rings is 2. The fourth-order valence-electron chi connectivity index (χ4n) is 3.76. The summed E-state index contributed by atoms with van der Waals surface area (Å²) in [6.45, 7) is 2.24. The van der Waals surface area contributed by atoms with E-state index in [4.69, 9.17) is 4.74 Å². The number of Topliss-reactive ketones (excluding diaryl/α,β-unsaturated/α-hetero) is 1. The van der Waals surface area contributed by atoms with Crippen LogP contribution >= 0.6 is 0 Å². The zero-order valence-electron chi connectivity index (χ0n) is 17.5. The first-order valence-electron chi connectivity index (χ1n) is 10.1. The van der Waals surface area contributed by atoms with Crippen LogP contribution in [0.5, 0.6) is 5.75 Å². The number of nitrogens with zero attached hydrogens (tertiary/aromatic N) is 3. The number of pyridine rings is 1. The molecule has 1 saturated heterocycles. The molecule has 0 bridgehead atoms. The Morgan fingerprint density at radius 3 is 2.64 bits per heavy atom. The van der Waals surface area contributed by atoms with Gasteiger partial charge in [-0.25, -0.2) is 0 Å². The number of ether oxygens (including phenoxy) is 1. The van der Waals surface area contributed by atoms with Crippen LogP contribution in [0, 0.1) is 10.1 Å². The number of amides is 1. The van der Waals surface area contributed by atoms with Crippen molar-refractivity contribution in [2.45, 2.75) is 13.0 Å². The predicted molar refractivity (Wildman–Crippen MR) is 120 cm³/mol. The molecule has 1 atom stereocenters. The summed E-state index contributed by atoms with van der Waals surface area (Å²) in [7, 11) is 0. The van der Waals surface area contributed by atoms with E-state index in [0.29, 0.717) is 23.6 Å². The molecule has 1 N–H and O–H groups in total. The number of carbonyl (C=O) groups excluding carboxylic acids is 2. The number of carbonyl (C=O) groups is 2. The van der Waals surface area contributed by atoms with E-state index in [2.05, 4.69) is 4.98 Å². The molecule has 0 radical (unpaired) electrons. The number of hydrogen-bond donors (Lipinski definition) is 1. The van der Waals surface area contributed by atoms with E-state index in [0.717, 1.165) is 6.07 Å². The number of hydrogen-bond acceptors (Lipinski definition) is 7. The Balaban J connectivity index is 1.92. The van der Waals surface area contributed by atoms with Gasteiger partial charge in [0.2, 0.25) is 0 Å². The van der Waals surface area contributed by atoms with Gasteiger partial charge in [0.15, 0.2) is 0 Å². The van der Waals surface area contributed by atoms with Crippen molar-refractivity contribution in [2.75, 3.05) is 11.5 Å². The number of aliphatic hydroxyl groups is 1. The highest BCUT2D eigenvalue weighted by Gasteiger charge is 2.47. The van der Waals surface area contributed by atoms with E-state index in [1.807, 2.05) is 6.92 Å². The maximum Gasteiger partial charge on any atom is 0.300 e. The monoisotopic (exact) mass is 445 g/mol. The highest BCUT2D eigenvalue weighted by atomic mass is 16.6. The molecule has 4 rings (SSSR count). The largest absolute Gasteiger partial charge is 0.507 e. The molecule has 0 spiro atoms. The highest BCUT2D eigenvalue weighted by Crippen LogP contribution is 2.42. The van der Waals surface area contributed by atoms with Gasteiger partial charge < -0.3 is 9.84 Å². The zero-order valence-corrected chi connectivity index (χ0v) is 17.5. The summed E-state index contributed by atoms with van der Waals surface area (Å²) < 4.78 is 5.53. The lowest BCUT2D eigenvalue weighted by atomic mass is 9.96. The molecular formula is C24H19N3O6. The smallest absolute Gasteiger partial charge is 0.300 e. The first kappa shape index (κ1) is 21.7. The molecular weight excluding hydrogens is 426 g/mol. The Kier molecular flexibility index (Phi) is 5.86. The van der Waals surface area contributed by atoms with Gasteiger partial charge in [-0.1, -0.05) is 24.3 Å². The molecule has 2 aromatic carbocycles. The molecule has 9 heteroatoms. The topological polar surface area (TPSA) is 123 Å². The SMILES string of the molecule is CCOc1cccc(N2C(=O)C(=O)/C(=C(\O)c3cccc([N+](=O)[O-])c3)C2c2cccnc2)c1. The Labute approximate surface area is 188 Å². The summed E-state index contributed by atoms with van der Waals surface area (Å²) in [5.74, 6) is -1.74. The zero-order chi connectivity index (χ0) is 23.5. The molecule has 3 aromatic rings. The summed E-state index contributed by atoms with van der Waals surface area (Å²) in [6.07, 6.45) is 3.04. The van der Waals surface area contributed by atoms with E-state index < -0.39 is 28.4 Å². The van der Waals surface area contributed by atoms with Gasteiger partial charge in [0.05, 0.1) is 23.1 Å². The van der Waals surface area contributed by atoms with Crippen molar-refractivity contribution < 1.29 is 24.4 Å². The third kappa shape index (κ3) is 4.03. The Bertz CT molecular complexity index is 1270. The normalized spacial score (nSPS) is 17.2. The first-order valence-corrected chi connectivity index (χ1v) is 10.1. The minimum absolute atomic E-state index is 0.0548. The summed E-state index contributed by atoms with van der Waals surface area (Å²) >= 11 is 0. The van der Waals surface area contributed by atoms with E-state index >= 15 is 0 Å². The van der Waals surface area contributed by atoms with E-state index in [9.17, 15) is 24.8 Å². The van der Waals surface area contributed by atoms with Gasteiger partial charge in [0.25, 0.3) is 17.4 Å². The van der Waals surface area contributed by atoms with E-state index in [1.165, 1.54) is 29.3 Å². The Hall–Kier alpha value is -4.53. The van der Waals surface area contributed by atoms with Crippen LogP contribution in [-0.4, -0.2) is 33.3 Å². The number of aromatic nitrogens is 1. The minimum Gasteiger partial charge on any atom is -0.507 e. The molecule has 0 saturated carbocycles. The van der Waals surface area contributed by atoms with Gasteiger partial charge in [0, 0.05) is 41.8 Å². The highest BCUT2D eigenvalue weighted by molar-refractivity contribution is 6.51. The molecule has 1 aromatic heterocycles. The molecule has 33 heavy (non-hydrogen) atoms. The average molecular weight is 445 g/mol. The maximum atomic E-state index is 13.1. The number of rotatable bonds is 6. The molecule has 1 amide bonds. The summed E-state index contributed by atoms with van der Waals surface area (Å²) in [4.78, 5) is 42.2. The first-order chi connectivity index (χ1) is 15.9. The quantitative estimate of drug-likeness (QED) is 0.200. The number of anilines is 1. The van der Waals surface area contributed by atoms with Gasteiger partial charge in [-0.15, -0.1) is 0 Å². The van der Waals surface area contributed by atoms with Crippen molar-refractivity contribution in [3.05, 3.63) is 99.9 Å². The van der Waals surface area contributed by atoms with Crippen molar-refractivity contribution in [1.82, 2.24) is 4.98 Å². The lowest BCUT2D eigenvalue weighted by Crippen LogP contribution is -2.29. The van der Waals surface area contributed by atoms with Gasteiger partial charge in [-0.05, 0) is 30.7 Å². The van der Waals surface area contributed by atoms with Gasteiger partial charge >= 0.3 is 0 Å². The Morgan fingerprint density at radius 1 is 1.15 bits per heavy atom. The second kappa shape index (κ2) is 8.91. The molecule has 1 fully saturated rings. The second-order valence-corrected chi connectivity index (χ2v) is 7.19. The third-order valence-electron chi connectivity index (χ3n) is 5.18. The third-order valence-corrected chi connectivity index (χ3v) is 5.18. The van der Waals surface area contributed by atoms with Crippen LogP contribution in [0.4, 0.5) is 11.4 Å². The van der Waals surface area contributed by atoms with Crippen molar-refractivity contribution in [2.24, 2.45) is 0 Å². The van der Waals surface area contributed by atoms with Crippen molar-refractivity contribution in [3.63, 3.8) is 0 Å². The van der Waals surface area contributed by atoms with Crippen LogP contribution in [0.3, 0.4) is 0 Å². The summed E-state index contributed by atoms with van der Waals surface area (Å²) in [6, 6.07) is 14.3. The van der Waals surface area contributed by atoms with Crippen LogP contribution in [-0.2, 0) is 9.59 Å². The number of nitro groups is 1. The Morgan fingerprint density at radius 2 is 1.94 bits per heavy atom. The van der Waals surface area contributed by atoms with Gasteiger partial charge in [-0.3, -0.25) is 29.6 Å². The summed E-state index contributed by atoms with van der Waals surface area (Å²) in [5.41, 5.74) is 0.505. The molecule has 9 nitrogen and oxygen atoms in total. The molecule has 1 aliphatic rings. The fraction of sp³-hybridized carbons (Fsp3) is 0.125. The molecule has 2 heterocycles. The van der Waals surface area contributed by atoms with Crippen molar-refractivity contribution in [1.29, 1.82) is 0 Å². The van der Waals surface area contributed by atoms with E-state index in [1.54, 1.807) is 42.6 Å². The molecule has 1 unspecified atom stereocenters. The fourth-order valence-corrected chi connectivity index (χ4v) is 3.76. The average Bonchev–Trinajstić information content (AvgIpc) is 3.10. The van der Waals surface area contributed by atoms with Crippen molar-refractivity contribution >= 4 is 28.8 Å². The number of ketones is 1. The number of nitro benzene ring substituents is 1. The summed E-state index contributed by atoms with van der Waals surface area (Å²) in [5, 5.41) is 22.2. The molecule has 0 aliphatic carbocycles. The standard InChI is InChI=1S/C24H19N3O6/c1-2-33-19-10-4-8-17(13-19)26-21(16-7-5-11-25-14-16)20(23(29)24(26)30)22(28)15-6-3-9-18(12-15)27(31)32/h3-14,21,28H,2H2,1H3/b22-20-. The molecule has 1 aliphatic heterocycles. The van der Waals surface area contributed by atoms with Crippen LogP contribution < -0.4 is 9.64 Å². The predicted octanol–water partition coefficient (Wildman–Crippen LogP) is 4.01. The van der Waals surface area contributed by atoms with Gasteiger partial charge in [0.1, 0.15) is 11.5 Å². The number of non-ortho nitro benzene ring substituents is 1. The van der Waals surface area contributed by atoms with Gasteiger partial charge in [-0.2, -0.15) is 0 Å².